The molecule has 16 heavy (non-hydrogen) atoms. The third-order valence-electron chi connectivity index (χ3n) is 2.95. The molecule has 2 rings (SSSR count). The highest BCUT2D eigenvalue weighted by Crippen LogP contribution is 2.21. The van der Waals surface area contributed by atoms with E-state index in [0.717, 1.165) is 6.42 Å². The molecule has 86 valence electrons. The molecule has 0 heterocycles. The summed E-state index contributed by atoms with van der Waals surface area (Å²) in [6.07, 6.45) is 4.64. The van der Waals surface area contributed by atoms with Crippen molar-refractivity contribution in [2.45, 2.75) is 38.3 Å². The van der Waals surface area contributed by atoms with Crippen LogP contribution in [0.2, 0.25) is 0 Å². The minimum absolute atomic E-state index is 0.449. The van der Waals surface area contributed by atoms with Gasteiger partial charge < -0.3 is 0 Å². The van der Waals surface area contributed by atoms with Crippen LogP contribution in [0.4, 0.5) is 0 Å². The van der Waals surface area contributed by atoms with E-state index in [1.165, 1.54) is 30.4 Å². The number of hydrogen-bond donors (Lipinski definition) is 1. The van der Waals surface area contributed by atoms with E-state index in [1.54, 1.807) is 0 Å². The molecule has 1 fully saturated rings. The van der Waals surface area contributed by atoms with Gasteiger partial charge in [-0.15, -0.1) is 0 Å². The number of benzene rings is 1. The number of hydroxylamine groups is 1. The first-order valence-corrected chi connectivity index (χ1v) is 5.92. The predicted molar refractivity (Wildman–Crippen MR) is 65.8 cm³/mol. The minimum Gasteiger partial charge on any atom is -0.297 e. The van der Waals surface area contributed by atoms with Crippen molar-refractivity contribution in [3.63, 3.8) is 0 Å². The molecule has 0 amide bonds. The molecule has 1 aliphatic rings. The average Bonchev–Trinajstić information content (AvgIpc) is 2.30. The minimum atomic E-state index is 0.449. The Labute approximate surface area is 97.3 Å². The van der Waals surface area contributed by atoms with Crippen molar-refractivity contribution in [1.29, 1.82) is 0 Å². The maximum Gasteiger partial charge on any atom is 0.0933 e. The Kier molecular flexibility index (Phi) is 4.14. The summed E-state index contributed by atoms with van der Waals surface area (Å²) in [6.45, 7) is 4.66. The normalized spacial score (nSPS) is 21.0. The zero-order chi connectivity index (χ0) is 11.2. The van der Waals surface area contributed by atoms with Crippen LogP contribution in [0.5, 0.6) is 0 Å². The summed E-state index contributed by atoms with van der Waals surface area (Å²) in [6, 6.07) is 10.7. The van der Waals surface area contributed by atoms with E-state index in [-0.39, 0.29) is 0 Å². The summed E-state index contributed by atoms with van der Waals surface area (Å²) in [5.41, 5.74) is 5.68. The van der Waals surface area contributed by atoms with E-state index >= 15 is 0 Å². The molecule has 0 bridgehead atoms. The van der Waals surface area contributed by atoms with Gasteiger partial charge in [0.1, 0.15) is 0 Å². The second kappa shape index (κ2) is 5.83. The van der Waals surface area contributed by atoms with E-state index in [4.69, 9.17) is 4.84 Å². The molecular weight excluding hydrogens is 198 g/mol. The lowest BCUT2D eigenvalue weighted by Gasteiger charge is -2.24. The van der Waals surface area contributed by atoms with E-state index in [9.17, 15) is 0 Å². The van der Waals surface area contributed by atoms with E-state index < -0.39 is 0 Å². The standard InChI is InChI=1S/C14H19NO/c1-12-6-5-9-14(10-12)15-16-11-13-7-3-2-4-8-13/h2-4,7-8,14-15H,1,5-6,9-11H2. The van der Waals surface area contributed by atoms with Gasteiger partial charge in [-0.2, -0.15) is 5.48 Å². The van der Waals surface area contributed by atoms with Gasteiger partial charge >= 0.3 is 0 Å². The van der Waals surface area contributed by atoms with Crippen molar-refractivity contribution in [3.05, 3.63) is 48.0 Å². The van der Waals surface area contributed by atoms with Crippen molar-refractivity contribution in [2.24, 2.45) is 0 Å². The molecular formula is C14H19NO. The molecule has 1 unspecified atom stereocenters. The lowest BCUT2D eigenvalue weighted by atomic mass is 9.92. The quantitative estimate of drug-likeness (QED) is 0.617. The van der Waals surface area contributed by atoms with Crippen LogP contribution in [0.1, 0.15) is 31.2 Å². The Balaban J connectivity index is 1.70. The molecule has 1 saturated carbocycles. The molecule has 1 aromatic carbocycles. The Morgan fingerprint density at radius 3 is 2.88 bits per heavy atom. The highest BCUT2D eigenvalue weighted by Gasteiger charge is 2.15. The van der Waals surface area contributed by atoms with Gasteiger partial charge in [0.05, 0.1) is 6.61 Å². The molecule has 1 atom stereocenters. The average molecular weight is 217 g/mol. The Morgan fingerprint density at radius 1 is 1.31 bits per heavy atom. The molecule has 1 aliphatic carbocycles. The summed E-state index contributed by atoms with van der Waals surface area (Å²) in [5.74, 6) is 0. The van der Waals surface area contributed by atoms with Crippen LogP contribution in [0.3, 0.4) is 0 Å². The van der Waals surface area contributed by atoms with Gasteiger partial charge in [0.25, 0.3) is 0 Å². The molecule has 0 aromatic heterocycles. The summed E-state index contributed by atoms with van der Waals surface area (Å²) in [5, 5.41) is 0. The molecule has 0 saturated heterocycles. The van der Waals surface area contributed by atoms with Crippen LogP contribution in [0.25, 0.3) is 0 Å². The number of nitrogens with one attached hydrogen (secondary N) is 1. The van der Waals surface area contributed by atoms with Crippen molar-refractivity contribution in [1.82, 2.24) is 5.48 Å². The fraction of sp³-hybridized carbons (Fsp3) is 0.429. The first-order valence-electron chi connectivity index (χ1n) is 5.92. The van der Waals surface area contributed by atoms with Gasteiger partial charge in [-0.3, -0.25) is 4.84 Å². The summed E-state index contributed by atoms with van der Waals surface area (Å²) in [4.78, 5) is 5.52. The third-order valence-corrected chi connectivity index (χ3v) is 2.95. The maximum atomic E-state index is 5.52. The van der Waals surface area contributed by atoms with Crippen molar-refractivity contribution >= 4 is 0 Å². The van der Waals surface area contributed by atoms with E-state index in [1.807, 2.05) is 18.2 Å². The van der Waals surface area contributed by atoms with Crippen LogP contribution in [-0.4, -0.2) is 6.04 Å². The zero-order valence-electron chi connectivity index (χ0n) is 9.61. The largest absolute Gasteiger partial charge is 0.297 e. The summed E-state index contributed by atoms with van der Waals surface area (Å²) >= 11 is 0. The van der Waals surface area contributed by atoms with Crippen LogP contribution < -0.4 is 5.48 Å². The van der Waals surface area contributed by atoms with Gasteiger partial charge in [0, 0.05) is 6.04 Å². The lowest BCUT2D eigenvalue weighted by Crippen LogP contribution is -2.31. The topological polar surface area (TPSA) is 21.3 Å². The Hall–Kier alpha value is -1.12. The predicted octanol–water partition coefficient (Wildman–Crippen LogP) is 3.21. The van der Waals surface area contributed by atoms with Crippen LogP contribution in [-0.2, 0) is 11.4 Å². The maximum absolute atomic E-state index is 5.52. The first kappa shape index (κ1) is 11.4. The molecule has 2 nitrogen and oxygen atoms in total. The van der Waals surface area contributed by atoms with Crippen molar-refractivity contribution < 1.29 is 4.84 Å². The van der Waals surface area contributed by atoms with Crippen molar-refractivity contribution in [3.8, 4) is 0 Å². The molecule has 2 heteroatoms. The molecule has 0 aliphatic heterocycles. The SMILES string of the molecule is C=C1CCCC(NOCc2ccccc2)C1. The number of hydrogen-bond acceptors (Lipinski definition) is 2. The summed E-state index contributed by atoms with van der Waals surface area (Å²) < 4.78 is 0. The van der Waals surface area contributed by atoms with Gasteiger partial charge in [-0.05, 0) is 31.2 Å². The molecule has 1 aromatic rings. The monoisotopic (exact) mass is 217 g/mol. The smallest absolute Gasteiger partial charge is 0.0933 e. The fourth-order valence-corrected chi connectivity index (χ4v) is 2.07. The summed E-state index contributed by atoms with van der Waals surface area (Å²) in [7, 11) is 0. The van der Waals surface area contributed by atoms with Crippen LogP contribution >= 0.6 is 0 Å². The Bertz CT molecular complexity index is 334. The van der Waals surface area contributed by atoms with E-state index in [2.05, 4.69) is 24.2 Å². The fourth-order valence-electron chi connectivity index (χ4n) is 2.07. The Morgan fingerprint density at radius 2 is 2.12 bits per heavy atom. The highest BCUT2D eigenvalue weighted by molar-refractivity contribution is 5.13. The van der Waals surface area contributed by atoms with Crippen LogP contribution in [0, 0.1) is 0 Å². The van der Waals surface area contributed by atoms with Gasteiger partial charge in [0.15, 0.2) is 0 Å². The van der Waals surface area contributed by atoms with Crippen molar-refractivity contribution in [2.75, 3.05) is 0 Å². The highest BCUT2D eigenvalue weighted by atomic mass is 16.6. The second-order valence-corrected chi connectivity index (χ2v) is 4.44. The van der Waals surface area contributed by atoms with Gasteiger partial charge in [-0.25, -0.2) is 0 Å². The number of rotatable bonds is 4. The third kappa shape index (κ3) is 3.47. The molecule has 1 N–H and O–H groups in total. The second-order valence-electron chi connectivity index (χ2n) is 4.44. The molecule has 0 spiro atoms. The molecule has 0 radical (unpaired) electrons. The zero-order valence-corrected chi connectivity index (χ0v) is 9.61. The van der Waals surface area contributed by atoms with Crippen LogP contribution in [0.15, 0.2) is 42.5 Å². The van der Waals surface area contributed by atoms with Gasteiger partial charge in [-0.1, -0.05) is 42.5 Å². The lowest BCUT2D eigenvalue weighted by molar-refractivity contribution is -0.000847. The first-order chi connectivity index (χ1) is 7.84. The van der Waals surface area contributed by atoms with E-state index in [0.29, 0.717) is 12.6 Å². The van der Waals surface area contributed by atoms with Gasteiger partial charge in [0.2, 0.25) is 0 Å².